The minimum Gasteiger partial charge on any atom is -0.494 e. The van der Waals surface area contributed by atoms with E-state index < -0.39 is 0 Å². The quantitative estimate of drug-likeness (QED) is 0.216. The summed E-state index contributed by atoms with van der Waals surface area (Å²) >= 11 is 8.61. The van der Waals surface area contributed by atoms with Crippen molar-refractivity contribution in [2.45, 2.75) is 13.0 Å². The zero-order chi connectivity index (χ0) is 24.4. The third-order valence-corrected chi connectivity index (χ3v) is 7.50. The van der Waals surface area contributed by atoms with Crippen molar-refractivity contribution >= 4 is 62.8 Å². The molecule has 4 aromatic rings. The molecule has 5 rings (SSSR count). The number of piperazine rings is 1. The number of hydrogen-bond donors (Lipinski definition) is 1. The number of fused-ring (bicyclic) bond motifs is 1. The van der Waals surface area contributed by atoms with Gasteiger partial charge >= 0.3 is 0 Å². The van der Waals surface area contributed by atoms with Gasteiger partial charge in [-0.1, -0.05) is 29.8 Å². The van der Waals surface area contributed by atoms with Crippen LogP contribution < -0.4 is 15.0 Å². The van der Waals surface area contributed by atoms with Crippen molar-refractivity contribution in [3.8, 4) is 5.75 Å². The predicted molar refractivity (Wildman–Crippen MR) is 147 cm³/mol. The monoisotopic (exact) mass is 606 g/mol. The predicted octanol–water partition coefficient (Wildman–Crippen LogP) is 5.69. The number of nitrogens with zero attached hydrogens (tertiary/aromatic N) is 5. The molecular weight excluding hydrogens is 582 g/mol. The van der Waals surface area contributed by atoms with Gasteiger partial charge in [0.1, 0.15) is 17.2 Å². The summed E-state index contributed by atoms with van der Waals surface area (Å²) in [5, 5.41) is 4.83. The number of halogens is 3. The number of rotatable bonds is 7. The second-order valence-corrected chi connectivity index (χ2v) is 10.1. The first-order valence-corrected chi connectivity index (χ1v) is 12.7. The third kappa shape index (κ3) is 5.31. The molecule has 0 aliphatic carbocycles. The van der Waals surface area contributed by atoms with Crippen molar-refractivity contribution in [3.63, 3.8) is 0 Å². The molecular formula is C25H25ClFIN6O. The first kappa shape index (κ1) is 24.1. The van der Waals surface area contributed by atoms with E-state index in [0.717, 1.165) is 60.8 Å². The Balaban J connectivity index is 1.37. The number of methoxy groups -OCH3 is 1. The summed E-state index contributed by atoms with van der Waals surface area (Å²) in [6.07, 6.45) is 4.53. The van der Waals surface area contributed by atoms with Gasteiger partial charge in [0.25, 0.3) is 0 Å². The molecule has 7 nitrogen and oxygen atoms in total. The molecule has 182 valence electrons. The van der Waals surface area contributed by atoms with Gasteiger partial charge in [-0.15, -0.1) is 0 Å². The molecule has 1 aliphatic heterocycles. The molecule has 0 atom stereocenters. The second-order valence-electron chi connectivity index (χ2n) is 8.35. The molecule has 0 radical (unpaired) electrons. The van der Waals surface area contributed by atoms with Crippen LogP contribution in [-0.2, 0) is 13.0 Å². The topological polar surface area (TPSA) is 58.5 Å². The summed E-state index contributed by atoms with van der Waals surface area (Å²) in [6.45, 7) is 4.01. The lowest BCUT2D eigenvalue weighted by molar-refractivity contribution is 0.414. The minimum absolute atomic E-state index is 0.306. The Morgan fingerprint density at radius 2 is 1.94 bits per heavy atom. The van der Waals surface area contributed by atoms with Crippen LogP contribution in [0.4, 0.5) is 21.7 Å². The largest absolute Gasteiger partial charge is 0.494 e. The molecule has 3 heterocycles. The molecule has 1 saturated heterocycles. The van der Waals surface area contributed by atoms with E-state index >= 15 is 4.39 Å². The Hall–Kier alpha value is -2.63. The van der Waals surface area contributed by atoms with Gasteiger partial charge in [-0.2, -0.15) is 4.98 Å². The SMILES string of the molecule is COc1cc(N2CCN(I)CC2)c(F)cc1Nc1ncc2ccn(CCc3ccccc3Cl)c2n1. The van der Waals surface area contributed by atoms with Gasteiger partial charge in [0, 0.05) is 90.5 Å². The maximum atomic E-state index is 15.1. The lowest BCUT2D eigenvalue weighted by Crippen LogP contribution is -2.42. The van der Waals surface area contributed by atoms with E-state index in [4.69, 9.17) is 21.3 Å². The Labute approximate surface area is 222 Å². The zero-order valence-corrected chi connectivity index (χ0v) is 22.1. The molecule has 1 aliphatic rings. The number of benzene rings is 2. The maximum absolute atomic E-state index is 15.1. The number of aryl methyl sites for hydroxylation is 2. The molecule has 2 aromatic heterocycles. The average molecular weight is 607 g/mol. The van der Waals surface area contributed by atoms with Crippen LogP contribution in [0.15, 0.2) is 54.9 Å². The van der Waals surface area contributed by atoms with Crippen LogP contribution in [0.3, 0.4) is 0 Å². The first-order chi connectivity index (χ1) is 17.0. The Kier molecular flexibility index (Phi) is 7.26. The molecule has 35 heavy (non-hydrogen) atoms. The molecule has 1 fully saturated rings. The Bertz CT molecular complexity index is 1340. The normalized spacial score (nSPS) is 14.5. The van der Waals surface area contributed by atoms with Crippen molar-refractivity contribution in [3.05, 3.63) is 71.3 Å². The standard InChI is InChI=1S/C25H25ClFIN6O/c1-35-23-15-22(32-10-12-34(28)13-11-32)20(27)14-21(23)30-25-29-16-18-7-9-33(24(18)31-25)8-6-17-4-2-3-5-19(17)26/h2-5,7,9,14-16H,6,8,10-13H2,1H3,(H,29,30,31). The van der Waals surface area contributed by atoms with Crippen molar-refractivity contribution in [1.82, 2.24) is 17.6 Å². The van der Waals surface area contributed by atoms with Gasteiger partial charge in [0.05, 0.1) is 18.5 Å². The van der Waals surface area contributed by atoms with Gasteiger partial charge in [0.15, 0.2) is 0 Å². The molecule has 1 N–H and O–H groups in total. The second kappa shape index (κ2) is 10.5. The molecule has 0 unspecified atom stereocenters. The summed E-state index contributed by atoms with van der Waals surface area (Å²) in [6, 6.07) is 13.0. The highest BCUT2D eigenvalue weighted by molar-refractivity contribution is 14.1. The van der Waals surface area contributed by atoms with E-state index in [9.17, 15) is 0 Å². The number of ether oxygens (including phenoxy) is 1. The highest BCUT2D eigenvalue weighted by atomic mass is 127. The number of nitrogens with one attached hydrogen (secondary N) is 1. The van der Waals surface area contributed by atoms with Crippen LogP contribution in [0, 0.1) is 5.82 Å². The lowest BCUT2D eigenvalue weighted by Gasteiger charge is -2.33. The Morgan fingerprint density at radius 1 is 1.14 bits per heavy atom. The van der Waals surface area contributed by atoms with Gasteiger partial charge in [0.2, 0.25) is 5.95 Å². The fourth-order valence-electron chi connectivity index (χ4n) is 4.25. The van der Waals surface area contributed by atoms with Crippen LogP contribution in [0.5, 0.6) is 5.75 Å². The molecule has 10 heteroatoms. The fourth-order valence-corrected chi connectivity index (χ4v) is 4.91. The van der Waals surface area contributed by atoms with Gasteiger partial charge in [-0.25, -0.2) is 12.5 Å². The molecule has 2 aromatic carbocycles. The van der Waals surface area contributed by atoms with Gasteiger partial charge in [-0.05, 0) is 24.1 Å². The Morgan fingerprint density at radius 3 is 2.71 bits per heavy atom. The summed E-state index contributed by atoms with van der Waals surface area (Å²) in [5.74, 6) is 0.606. The summed E-state index contributed by atoms with van der Waals surface area (Å²) in [7, 11) is 1.58. The van der Waals surface area contributed by atoms with E-state index in [1.165, 1.54) is 6.07 Å². The number of anilines is 3. The molecule has 0 saturated carbocycles. The smallest absolute Gasteiger partial charge is 0.229 e. The van der Waals surface area contributed by atoms with Crippen molar-refractivity contribution in [2.75, 3.05) is 43.5 Å². The minimum atomic E-state index is -0.306. The van der Waals surface area contributed by atoms with Crippen molar-refractivity contribution in [2.24, 2.45) is 0 Å². The number of hydrogen-bond acceptors (Lipinski definition) is 6. The van der Waals surface area contributed by atoms with E-state index in [1.807, 2.05) is 41.4 Å². The van der Waals surface area contributed by atoms with Crippen LogP contribution in [0.2, 0.25) is 5.02 Å². The average Bonchev–Trinajstić information content (AvgIpc) is 3.27. The first-order valence-electron chi connectivity index (χ1n) is 11.4. The summed E-state index contributed by atoms with van der Waals surface area (Å²) < 4.78 is 25.0. The van der Waals surface area contributed by atoms with E-state index in [2.05, 4.69) is 40.8 Å². The number of aromatic nitrogens is 3. The maximum Gasteiger partial charge on any atom is 0.229 e. The molecule has 0 spiro atoms. The lowest BCUT2D eigenvalue weighted by atomic mass is 10.1. The molecule has 0 amide bonds. The van der Waals surface area contributed by atoms with E-state index in [-0.39, 0.29) is 5.82 Å². The van der Waals surface area contributed by atoms with Crippen LogP contribution >= 0.6 is 34.5 Å². The van der Waals surface area contributed by atoms with Gasteiger partial charge in [-0.3, -0.25) is 0 Å². The van der Waals surface area contributed by atoms with Crippen molar-refractivity contribution < 1.29 is 9.13 Å². The molecule has 0 bridgehead atoms. The highest BCUT2D eigenvalue weighted by Gasteiger charge is 2.21. The highest BCUT2D eigenvalue weighted by Crippen LogP contribution is 2.35. The fraction of sp³-hybridized carbons (Fsp3) is 0.280. The third-order valence-electron chi connectivity index (χ3n) is 6.16. The summed E-state index contributed by atoms with van der Waals surface area (Å²) in [5.41, 5.74) is 2.91. The van der Waals surface area contributed by atoms with E-state index in [0.29, 0.717) is 23.1 Å². The van der Waals surface area contributed by atoms with Gasteiger partial charge < -0.3 is 19.5 Å². The van der Waals surface area contributed by atoms with Crippen molar-refractivity contribution in [1.29, 1.82) is 0 Å². The van der Waals surface area contributed by atoms with Crippen LogP contribution in [0.1, 0.15) is 5.56 Å². The zero-order valence-electron chi connectivity index (χ0n) is 19.2. The van der Waals surface area contributed by atoms with E-state index in [1.54, 1.807) is 19.4 Å². The van der Waals surface area contributed by atoms with Crippen LogP contribution in [0.25, 0.3) is 11.0 Å². The summed E-state index contributed by atoms with van der Waals surface area (Å²) in [4.78, 5) is 11.2. The van der Waals surface area contributed by atoms with Crippen LogP contribution in [-0.4, -0.2) is 50.9 Å².